The quantitative estimate of drug-likeness (QED) is 0.680. The van der Waals surface area contributed by atoms with Gasteiger partial charge in [-0.05, 0) is 51.8 Å². The van der Waals surface area contributed by atoms with E-state index in [0.29, 0.717) is 24.6 Å². The van der Waals surface area contributed by atoms with E-state index in [-0.39, 0.29) is 12.5 Å². The van der Waals surface area contributed by atoms with Crippen molar-refractivity contribution in [1.29, 1.82) is 0 Å². The zero-order valence-corrected chi connectivity index (χ0v) is 18.6. The number of nitrogens with zero attached hydrogens (tertiary/aromatic N) is 6. The number of hydrogen-bond donors (Lipinski definition) is 1. The zero-order valence-electron chi connectivity index (χ0n) is 18.6. The van der Waals surface area contributed by atoms with Crippen molar-refractivity contribution < 1.29 is 9.90 Å². The number of β-amino-alcohol motifs (C(OH)–C–C–N with tert-alkyl or cyclic N) is 1. The van der Waals surface area contributed by atoms with E-state index in [4.69, 9.17) is 0 Å². The Kier molecular flexibility index (Phi) is 5.66. The van der Waals surface area contributed by atoms with E-state index in [1.54, 1.807) is 18.3 Å². The lowest BCUT2D eigenvalue weighted by molar-refractivity contribution is -0.000136. The molecule has 1 N–H and O–H groups in total. The van der Waals surface area contributed by atoms with Crippen LogP contribution in [0.1, 0.15) is 48.8 Å². The molecule has 1 saturated heterocycles. The first-order chi connectivity index (χ1) is 14.8. The third-order valence-corrected chi connectivity index (χ3v) is 5.92. The molecule has 1 aliphatic rings. The molecule has 1 aliphatic heterocycles. The van der Waals surface area contributed by atoms with E-state index in [9.17, 15) is 9.90 Å². The molecule has 164 valence electrons. The number of likely N-dealkylation sites (N-methyl/N-ethyl adjacent to an activating group) is 1. The molecule has 1 fully saturated rings. The van der Waals surface area contributed by atoms with Gasteiger partial charge in [-0.2, -0.15) is 0 Å². The molecule has 1 amide bonds. The summed E-state index contributed by atoms with van der Waals surface area (Å²) in [4.78, 5) is 29.7. The third kappa shape index (κ3) is 4.39. The van der Waals surface area contributed by atoms with E-state index in [2.05, 4.69) is 38.3 Å². The normalized spacial score (nSPS) is 19.2. The van der Waals surface area contributed by atoms with Gasteiger partial charge in [0, 0.05) is 43.5 Å². The molecular weight excluding hydrogens is 392 g/mol. The molecule has 0 bridgehead atoms. The predicted octanol–water partition coefficient (Wildman–Crippen LogP) is 2.82. The van der Waals surface area contributed by atoms with Gasteiger partial charge in [0.2, 0.25) is 0 Å². The number of carbonyl (C=O) groups excluding carboxylic acids is 1. The van der Waals surface area contributed by atoms with Crippen LogP contribution in [0.3, 0.4) is 0 Å². The smallest absolute Gasteiger partial charge is 0.253 e. The molecule has 1 aromatic carbocycles. The second kappa shape index (κ2) is 8.26. The van der Waals surface area contributed by atoms with Gasteiger partial charge in [-0.3, -0.25) is 4.79 Å². The molecule has 0 radical (unpaired) electrons. The highest BCUT2D eigenvalue weighted by Crippen LogP contribution is 2.26. The van der Waals surface area contributed by atoms with Gasteiger partial charge in [-0.15, -0.1) is 0 Å². The first-order valence-corrected chi connectivity index (χ1v) is 10.7. The molecule has 2 aromatic heterocycles. The fraction of sp³-hybridized carbons (Fsp3) is 0.478. The Morgan fingerprint density at radius 1 is 1.26 bits per heavy atom. The summed E-state index contributed by atoms with van der Waals surface area (Å²) in [5.41, 5.74) is 2.28. The molecular formula is C23H30N6O2. The van der Waals surface area contributed by atoms with Crippen molar-refractivity contribution in [3.63, 3.8) is 0 Å². The number of rotatable bonds is 5. The molecule has 0 unspecified atom stereocenters. The first kappa shape index (κ1) is 21.2. The molecule has 0 aliphatic carbocycles. The van der Waals surface area contributed by atoms with Gasteiger partial charge in [-0.25, -0.2) is 15.0 Å². The molecule has 0 spiro atoms. The number of aromatic nitrogens is 4. The Hall–Kier alpha value is -3.00. The van der Waals surface area contributed by atoms with Crippen molar-refractivity contribution in [3.05, 3.63) is 48.2 Å². The summed E-state index contributed by atoms with van der Waals surface area (Å²) in [6, 6.07) is 7.83. The van der Waals surface area contributed by atoms with Crippen LogP contribution in [0.2, 0.25) is 0 Å². The average molecular weight is 423 g/mol. The maximum atomic E-state index is 13.1. The number of piperidine rings is 1. The van der Waals surface area contributed by atoms with Gasteiger partial charge in [0.15, 0.2) is 0 Å². The van der Waals surface area contributed by atoms with Crippen LogP contribution in [-0.2, 0) is 0 Å². The third-order valence-electron chi connectivity index (χ3n) is 5.92. The Bertz CT molecular complexity index is 1090. The Morgan fingerprint density at radius 2 is 2.06 bits per heavy atom. The van der Waals surface area contributed by atoms with Crippen molar-refractivity contribution in [1.82, 2.24) is 24.4 Å². The minimum absolute atomic E-state index is 0.121. The minimum Gasteiger partial charge on any atom is -0.386 e. The highest BCUT2D eigenvalue weighted by molar-refractivity contribution is 5.97. The number of fused-ring (bicyclic) bond motifs is 1. The van der Waals surface area contributed by atoms with Crippen molar-refractivity contribution in [3.8, 4) is 0 Å². The minimum atomic E-state index is -0.995. The van der Waals surface area contributed by atoms with E-state index in [0.717, 1.165) is 35.5 Å². The van der Waals surface area contributed by atoms with Crippen molar-refractivity contribution in [2.24, 2.45) is 0 Å². The van der Waals surface area contributed by atoms with Gasteiger partial charge >= 0.3 is 0 Å². The Balaban J connectivity index is 1.48. The van der Waals surface area contributed by atoms with E-state index >= 15 is 0 Å². The lowest BCUT2D eigenvalue weighted by atomic mass is 9.92. The predicted molar refractivity (Wildman–Crippen MR) is 120 cm³/mol. The second-order valence-corrected chi connectivity index (χ2v) is 8.88. The van der Waals surface area contributed by atoms with Crippen LogP contribution in [0.15, 0.2) is 36.9 Å². The SMILES string of the molecule is Cc1cc(N2CCC[C@@](O)(CN(C)C(=O)c3ccc4c(c3)ncn4C(C)C)C2)ncn1. The first-order valence-electron chi connectivity index (χ1n) is 10.7. The molecule has 3 aromatic rings. The van der Waals surface area contributed by atoms with Crippen LogP contribution in [0.4, 0.5) is 5.82 Å². The average Bonchev–Trinajstić information content (AvgIpc) is 3.16. The highest BCUT2D eigenvalue weighted by atomic mass is 16.3. The molecule has 8 nitrogen and oxygen atoms in total. The molecule has 0 saturated carbocycles. The van der Waals surface area contributed by atoms with Crippen LogP contribution < -0.4 is 4.90 Å². The Labute approximate surface area is 182 Å². The van der Waals surface area contributed by atoms with Crippen molar-refractivity contribution >= 4 is 22.8 Å². The summed E-state index contributed by atoms with van der Waals surface area (Å²) in [5, 5.41) is 11.3. The lowest BCUT2D eigenvalue weighted by Crippen LogP contribution is -2.54. The van der Waals surface area contributed by atoms with Gasteiger partial charge in [0.1, 0.15) is 12.1 Å². The number of hydrogen-bond acceptors (Lipinski definition) is 6. The summed E-state index contributed by atoms with van der Waals surface area (Å²) in [7, 11) is 1.74. The lowest BCUT2D eigenvalue weighted by Gasteiger charge is -2.41. The monoisotopic (exact) mass is 422 g/mol. The van der Waals surface area contributed by atoms with Crippen LogP contribution in [0.5, 0.6) is 0 Å². The number of amides is 1. The van der Waals surface area contributed by atoms with E-state index < -0.39 is 5.60 Å². The molecule has 8 heteroatoms. The van der Waals surface area contributed by atoms with Crippen LogP contribution in [-0.4, -0.2) is 67.7 Å². The maximum Gasteiger partial charge on any atom is 0.253 e. The number of aliphatic hydroxyl groups is 1. The number of aryl methyl sites for hydroxylation is 1. The zero-order chi connectivity index (χ0) is 22.2. The molecule has 4 rings (SSSR count). The van der Waals surface area contributed by atoms with Crippen LogP contribution in [0, 0.1) is 6.92 Å². The number of anilines is 1. The molecule has 1 atom stereocenters. The Morgan fingerprint density at radius 3 is 2.81 bits per heavy atom. The molecule has 31 heavy (non-hydrogen) atoms. The van der Waals surface area contributed by atoms with E-state index in [1.165, 1.54) is 0 Å². The molecule has 3 heterocycles. The number of imidazole rings is 1. The summed E-state index contributed by atoms with van der Waals surface area (Å²) >= 11 is 0. The summed E-state index contributed by atoms with van der Waals surface area (Å²) in [6.45, 7) is 7.64. The van der Waals surface area contributed by atoms with E-state index in [1.807, 2.05) is 37.5 Å². The van der Waals surface area contributed by atoms with Gasteiger partial charge in [-0.1, -0.05) is 0 Å². The summed E-state index contributed by atoms with van der Waals surface area (Å²) in [6.07, 6.45) is 4.83. The van der Waals surface area contributed by atoms with Crippen molar-refractivity contribution in [2.75, 3.05) is 31.6 Å². The van der Waals surface area contributed by atoms with Gasteiger partial charge in [0.05, 0.1) is 29.5 Å². The maximum absolute atomic E-state index is 13.1. The largest absolute Gasteiger partial charge is 0.386 e. The fourth-order valence-electron chi connectivity index (χ4n) is 4.36. The fourth-order valence-corrected chi connectivity index (χ4v) is 4.36. The van der Waals surface area contributed by atoms with Crippen LogP contribution in [0.25, 0.3) is 11.0 Å². The highest BCUT2D eigenvalue weighted by Gasteiger charge is 2.36. The number of benzene rings is 1. The second-order valence-electron chi connectivity index (χ2n) is 8.88. The van der Waals surface area contributed by atoms with Gasteiger partial charge < -0.3 is 19.5 Å². The summed E-state index contributed by atoms with van der Waals surface area (Å²) in [5.74, 6) is 0.690. The summed E-state index contributed by atoms with van der Waals surface area (Å²) < 4.78 is 2.08. The van der Waals surface area contributed by atoms with Gasteiger partial charge in [0.25, 0.3) is 5.91 Å². The van der Waals surface area contributed by atoms with Crippen LogP contribution >= 0.6 is 0 Å². The standard InChI is InChI=1S/C23H30N6O2/c1-16(2)29-15-26-19-11-18(6-7-20(19)29)22(30)27(4)12-23(31)8-5-9-28(13-23)21-10-17(3)24-14-25-21/h6-7,10-11,14-16,31H,5,8-9,12-13H2,1-4H3/t23-/m1/s1. The van der Waals surface area contributed by atoms with Crippen molar-refractivity contribution in [2.45, 2.75) is 45.3 Å². The number of carbonyl (C=O) groups is 1. The topological polar surface area (TPSA) is 87.4 Å².